The lowest BCUT2D eigenvalue weighted by Crippen LogP contribution is -2.35. The molecule has 3 atom stereocenters. The third-order valence-corrected chi connectivity index (χ3v) is 5.33. The quantitative estimate of drug-likeness (QED) is 0.845. The summed E-state index contributed by atoms with van der Waals surface area (Å²) in [6.45, 7) is 10.3. The molecule has 3 unspecified atom stereocenters. The van der Waals surface area contributed by atoms with Gasteiger partial charge in [0.2, 0.25) is 0 Å². The SMILES string of the molecule is Cc1cc(CNC2CCC(C)C(C)C2)c(C)s1. The van der Waals surface area contributed by atoms with Gasteiger partial charge in [-0.2, -0.15) is 0 Å². The highest BCUT2D eigenvalue weighted by Crippen LogP contribution is 2.29. The van der Waals surface area contributed by atoms with Crippen LogP contribution < -0.4 is 5.32 Å². The third-order valence-electron chi connectivity index (χ3n) is 4.32. The summed E-state index contributed by atoms with van der Waals surface area (Å²) < 4.78 is 0. The van der Waals surface area contributed by atoms with E-state index in [1.54, 1.807) is 0 Å². The Morgan fingerprint density at radius 2 is 2.00 bits per heavy atom. The molecule has 0 spiro atoms. The molecule has 1 nitrogen and oxygen atoms in total. The normalized spacial score (nSPS) is 29.5. The first-order valence-electron chi connectivity index (χ1n) is 6.85. The molecule has 96 valence electrons. The van der Waals surface area contributed by atoms with Gasteiger partial charge in [0.25, 0.3) is 0 Å². The van der Waals surface area contributed by atoms with Crippen molar-refractivity contribution in [2.24, 2.45) is 11.8 Å². The molecule has 0 aromatic carbocycles. The summed E-state index contributed by atoms with van der Waals surface area (Å²) in [6.07, 6.45) is 4.09. The van der Waals surface area contributed by atoms with Crippen molar-refractivity contribution in [2.75, 3.05) is 0 Å². The van der Waals surface area contributed by atoms with Crippen molar-refractivity contribution in [3.05, 3.63) is 21.4 Å². The zero-order chi connectivity index (χ0) is 12.4. The molecule has 17 heavy (non-hydrogen) atoms. The van der Waals surface area contributed by atoms with Crippen LogP contribution in [-0.2, 0) is 6.54 Å². The molecule has 0 saturated heterocycles. The molecule has 1 aromatic rings. The molecular formula is C15H25NS. The molecule has 1 aliphatic carbocycles. The monoisotopic (exact) mass is 251 g/mol. The Kier molecular flexibility index (Phi) is 4.26. The standard InChI is InChI=1S/C15H25NS/c1-10-5-6-15(7-11(10)2)16-9-14-8-12(3)17-13(14)4/h8,10-11,15-16H,5-7,9H2,1-4H3. The fourth-order valence-corrected chi connectivity index (χ4v) is 3.79. The van der Waals surface area contributed by atoms with Crippen LogP contribution >= 0.6 is 11.3 Å². The van der Waals surface area contributed by atoms with Crippen LogP contribution in [0, 0.1) is 25.7 Å². The topological polar surface area (TPSA) is 12.0 Å². The maximum atomic E-state index is 3.75. The molecule has 2 heteroatoms. The van der Waals surface area contributed by atoms with Crippen LogP contribution in [0.1, 0.15) is 48.4 Å². The van der Waals surface area contributed by atoms with E-state index in [9.17, 15) is 0 Å². The van der Waals surface area contributed by atoms with E-state index < -0.39 is 0 Å². The van der Waals surface area contributed by atoms with Crippen molar-refractivity contribution in [1.82, 2.24) is 5.32 Å². The number of rotatable bonds is 3. The predicted molar refractivity (Wildman–Crippen MR) is 76.6 cm³/mol. The fraction of sp³-hybridized carbons (Fsp3) is 0.733. The predicted octanol–water partition coefficient (Wildman–Crippen LogP) is 4.28. The first kappa shape index (κ1) is 13.1. The number of nitrogens with one attached hydrogen (secondary N) is 1. The molecule has 1 saturated carbocycles. The Labute approximate surface area is 110 Å². The van der Waals surface area contributed by atoms with Gasteiger partial charge in [-0.15, -0.1) is 11.3 Å². The van der Waals surface area contributed by atoms with E-state index in [0.717, 1.165) is 24.4 Å². The van der Waals surface area contributed by atoms with Gasteiger partial charge in [0, 0.05) is 22.3 Å². The van der Waals surface area contributed by atoms with Gasteiger partial charge in [-0.05, 0) is 56.6 Å². The summed E-state index contributed by atoms with van der Waals surface area (Å²) in [6, 6.07) is 3.07. The highest BCUT2D eigenvalue weighted by Gasteiger charge is 2.24. The Morgan fingerprint density at radius 1 is 1.24 bits per heavy atom. The van der Waals surface area contributed by atoms with Crippen LogP contribution in [0.5, 0.6) is 0 Å². The van der Waals surface area contributed by atoms with Gasteiger partial charge in [-0.3, -0.25) is 0 Å². The van der Waals surface area contributed by atoms with Crippen molar-refractivity contribution in [3.8, 4) is 0 Å². The lowest BCUT2D eigenvalue weighted by Gasteiger charge is -2.32. The molecule has 1 aliphatic rings. The molecule has 1 fully saturated rings. The van der Waals surface area contributed by atoms with Crippen LogP contribution in [0.15, 0.2) is 6.07 Å². The second kappa shape index (κ2) is 5.53. The maximum absolute atomic E-state index is 3.75. The van der Waals surface area contributed by atoms with Gasteiger partial charge in [0.15, 0.2) is 0 Å². The van der Waals surface area contributed by atoms with Crippen LogP contribution in [0.3, 0.4) is 0 Å². The third kappa shape index (κ3) is 3.32. The molecule has 1 heterocycles. The zero-order valence-electron chi connectivity index (χ0n) is 11.5. The molecule has 0 bridgehead atoms. The summed E-state index contributed by atoms with van der Waals surface area (Å²) >= 11 is 1.92. The summed E-state index contributed by atoms with van der Waals surface area (Å²) in [5, 5.41) is 3.75. The molecule has 0 aliphatic heterocycles. The Bertz CT molecular complexity index is 369. The van der Waals surface area contributed by atoms with Gasteiger partial charge < -0.3 is 5.32 Å². The minimum absolute atomic E-state index is 0.737. The minimum atomic E-state index is 0.737. The number of hydrogen-bond donors (Lipinski definition) is 1. The van der Waals surface area contributed by atoms with Gasteiger partial charge >= 0.3 is 0 Å². The van der Waals surface area contributed by atoms with E-state index in [0.29, 0.717) is 0 Å². The highest BCUT2D eigenvalue weighted by atomic mass is 32.1. The van der Waals surface area contributed by atoms with Gasteiger partial charge in [-0.1, -0.05) is 13.8 Å². The lowest BCUT2D eigenvalue weighted by molar-refractivity contribution is 0.225. The Balaban J connectivity index is 1.84. The Hall–Kier alpha value is -0.340. The van der Waals surface area contributed by atoms with E-state index >= 15 is 0 Å². The van der Waals surface area contributed by atoms with E-state index in [1.807, 2.05) is 11.3 Å². The molecule has 1 N–H and O–H groups in total. The average Bonchev–Trinajstić information content (AvgIpc) is 2.59. The smallest absolute Gasteiger partial charge is 0.0219 e. The molecule has 0 amide bonds. The van der Waals surface area contributed by atoms with E-state index in [4.69, 9.17) is 0 Å². The van der Waals surface area contributed by atoms with E-state index in [1.165, 1.54) is 34.6 Å². The van der Waals surface area contributed by atoms with Crippen molar-refractivity contribution >= 4 is 11.3 Å². The van der Waals surface area contributed by atoms with Gasteiger partial charge in [0.05, 0.1) is 0 Å². The van der Waals surface area contributed by atoms with Crippen LogP contribution in [0.2, 0.25) is 0 Å². The van der Waals surface area contributed by atoms with Gasteiger partial charge in [0.1, 0.15) is 0 Å². The van der Waals surface area contributed by atoms with Crippen LogP contribution in [0.25, 0.3) is 0 Å². The van der Waals surface area contributed by atoms with Crippen LogP contribution in [0.4, 0.5) is 0 Å². The zero-order valence-corrected chi connectivity index (χ0v) is 12.4. The lowest BCUT2D eigenvalue weighted by atomic mass is 9.79. The first-order valence-corrected chi connectivity index (χ1v) is 7.67. The minimum Gasteiger partial charge on any atom is -0.310 e. The molecule has 0 radical (unpaired) electrons. The van der Waals surface area contributed by atoms with Crippen molar-refractivity contribution in [2.45, 2.75) is 59.5 Å². The van der Waals surface area contributed by atoms with Crippen molar-refractivity contribution in [1.29, 1.82) is 0 Å². The number of aryl methyl sites for hydroxylation is 2. The number of thiophene rings is 1. The summed E-state index contributed by atoms with van der Waals surface area (Å²) in [5.41, 5.74) is 1.50. The highest BCUT2D eigenvalue weighted by molar-refractivity contribution is 7.12. The largest absolute Gasteiger partial charge is 0.310 e. The maximum Gasteiger partial charge on any atom is 0.0219 e. The first-order chi connectivity index (χ1) is 8.06. The second-order valence-corrected chi connectivity index (χ2v) is 7.24. The summed E-state index contributed by atoms with van der Waals surface area (Å²) in [7, 11) is 0. The van der Waals surface area contributed by atoms with E-state index in [-0.39, 0.29) is 0 Å². The van der Waals surface area contributed by atoms with Crippen molar-refractivity contribution in [3.63, 3.8) is 0 Å². The summed E-state index contributed by atoms with van der Waals surface area (Å²) in [5.74, 6) is 1.80. The van der Waals surface area contributed by atoms with Gasteiger partial charge in [-0.25, -0.2) is 0 Å². The second-order valence-electron chi connectivity index (χ2n) is 5.78. The number of hydrogen-bond acceptors (Lipinski definition) is 2. The molecule has 2 rings (SSSR count). The average molecular weight is 251 g/mol. The van der Waals surface area contributed by atoms with Crippen molar-refractivity contribution < 1.29 is 0 Å². The molecular weight excluding hydrogens is 226 g/mol. The Morgan fingerprint density at radius 3 is 2.59 bits per heavy atom. The van der Waals surface area contributed by atoms with Crippen LogP contribution in [-0.4, -0.2) is 6.04 Å². The fourth-order valence-electron chi connectivity index (χ4n) is 2.85. The summed E-state index contributed by atoms with van der Waals surface area (Å²) in [4.78, 5) is 2.91. The van der Waals surface area contributed by atoms with E-state index in [2.05, 4.69) is 39.1 Å². The molecule has 1 aromatic heterocycles.